The molecule has 0 aliphatic carbocycles. The van der Waals surface area contributed by atoms with Crippen molar-refractivity contribution in [1.29, 1.82) is 0 Å². The Balaban J connectivity index is 1.30. The number of ether oxygens (including phenoxy) is 1. The van der Waals surface area contributed by atoms with E-state index in [1.165, 1.54) is 23.7 Å². The maximum Gasteiger partial charge on any atom is 0.246 e. The Morgan fingerprint density at radius 3 is 2.66 bits per heavy atom. The fraction of sp³-hybridized carbons (Fsp3) is 0.455. The number of likely N-dealkylation sites (tertiary alicyclic amines) is 1. The van der Waals surface area contributed by atoms with Crippen LogP contribution in [0.5, 0.6) is 11.6 Å². The fourth-order valence-electron chi connectivity index (χ4n) is 6.79. The zero-order valence-corrected chi connectivity index (χ0v) is 24.3. The number of aromatic nitrogens is 1. The number of anilines is 2. The van der Waals surface area contributed by atoms with Gasteiger partial charge in [0.15, 0.2) is 0 Å². The standard InChI is InChI=1S/C33H41N5O3/c1-4-33(40)36-16-14-35(15-17-36)31-20-32(41-22-25-9-7-12-38(25)23(2)3)34-29-21-37(13-11-28(29)31)30-19-26(39)18-24-8-5-6-10-27(24)30/h4-6,8,10,18-20,23,25,39H,1,7,9,11-17,21-22H2,2-3H3/t25-/m0/s1. The number of nitrogens with zero attached hydrogens (tertiary/aromatic N) is 5. The topological polar surface area (TPSA) is 72.4 Å². The highest BCUT2D eigenvalue weighted by molar-refractivity contribution is 5.95. The zero-order chi connectivity index (χ0) is 28.5. The van der Waals surface area contributed by atoms with Crippen molar-refractivity contribution in [3.05, 3.63) is 66.4 Å². The van der Waals surface area contributed by atoms with Crippen molar-refractivity contribution in [3.63, 3.8) is 0 Å². The zero-order valence-electron chi connectivity index (χ0n) is 24.3. The van der Waals surface area contributed by atoms with Crippen LogP contribution in [-0.4, -0.2) is 83.8 Å². The molecule has 8 heteroatoms. The molecule has 1 aromatic heterocycles. The fourth-order valence-corrected chi connectivity index (χ4v) is 6.79. The van der Waals surface area contributed by atoms with E-state index in [1.54, 1.807) is 0 Å². The van der Waals surface area contributed by atoms with E-state index < -0.39 is 0 Å². The molecule has 1 amide bonds. The molecule has 6 rings (SSSR count). The van der Waals surface area contributed by atoms with E-state index in [2.05, 4.69) is 47.3 Å². The summed E-state index contributed by atoms with van der Waals surface area (Å²) >= 11 is 0. The summed E-state index contributed by atoms with van der Waals surface area (Å²) in [6, 6.07) is 14.9. The van der Waals surface area contributed by atoms with E-state index in [-0.39, 0.29) is 11.7 Å². The lowest BCUT2D eigenvalue weighted by atomic mass is 9.99. The van der Waals surface area contributed by atoms with Gasteiger partial charge in [0.1, 0.15) is 12.4 Å². The van der Waals surface area contributed by atoms with Crippen molar-refractivity contribution < 1.29 is 14.6 Å². The molecule has 41 heavy (non-hydrogen) atoms. The number of phenolic OH excluding ortho intramolecular Hbond substituents is 1. The molecule has 2 fully saturated rings. The summed E-state index contributed by atoms with van der Waals surface area (Å²) in [6.07, 6.45) is 4.60. The lowest BCUT2D eigenvalue weighted by Crippen LogP contribution is -2.49. The first-order valence-corrected chi connectivity index (χ1v) is 15.0. The van der Waals surface area contributed by atoms with Gasteiger partial charge in [-0.05, 0) is 57.2 Å². The van der Waals surface area contributed by atoms with Gasteiger partial charge in [0, 0.05) is 79.3 Å². The number of phenols is 1. The maximum absolute atomic E-state index is 12.2. The summed E-state index contributed by atoms with van der Waals surface area (Å²) in [4.78, 5) is 26.4. The highest BCUT2D eigenvalue weighted by atomic mass is 16.5. The SMILES string of the molecule is C=CC(=O)N1CCN(c2cc(OC[C@@H]3CCCN3C(C)C)nc3c2CCN(c2cc(O)cc4ccccc24)C3)CC1. The maximum atomic E-state index is 12.2. The van der Waals surface area contributed by atoms with E-state index in [0.717, 1.165) is 61.2 Å². The minimum absolute atomic E-state index is 0.00863. The summed E-state index contributed by atoms with van der Waals surface area (Å²) < 4.78 is 6.46. The molecule has 1 N–H and O–H groups in total. The van der Waals surface area contributed by atoms with Gasteiger partial charge in [-0.3, -0.25) is 9.69 Å². The second kappa shape index (κ2) is 11.6. The molecule has 3 aromatic rings. The molecule has 216 valence electrons. The van der Waals surface area contributed by atoms with E-state index in [0.29, 0.717) is 44.2 Å². The number of piperazine rings is 1. The minimum Gasteiger partial charge on any atom is -0.508 e. The van der Waals surface area contributed by atoms with Crippen LogP contribution >= 0.6 is 0 Å². The molecule has 0 saturated carbocycles. The van der Waals surface area contributed by atoms with E-state index >= 15 is 0 Å². The molecule has 2 aromatic carbocycles. The Labute approximate surface area is 242 Å². The Morgan fingerprint density at radius 1 is 1.07 bits per heavy atom. The monoisotopic (exact) mass is 555 g/mol. The van der Waals surface area contributed by atoms with Gasteiger partial charge in [0.25, 0.3) is 0 Å². The van der Waals surface area contributed by atoms with Gasteiger partial charge in [-0.1, -0.05) is 30.8 Å². The number of hydrogen-bond donors (Lipinski definition) is 1. The lowest BCUT2D eigenvalue weighted by molar-refractivity contribution is -0.126. The van der Waals surface area contributed by atoms with Crippen LogP contribution < -0.4 is 14.5 Å². The largest absolute Gasteiger partial charge is 0.508 e. The van der Waals surface area contributed by atoms with Gasteiger partial charge in [-0.25, -0.2) is 4.98 Å². The Bertz CT molecular complexity index is 1430. The number of benzene rings is 2. The minimum atomic E-state index is -0.00863. The van der Waals surface area contributed by atoms with Crippen LogP contribution in [0, 0.1) is 0 Å². The number of aromatic hydroxyl groups is 1. The normalized spacial score (nSPS) is 19.6. The van der Waals surface area contributed by atoms with Gasteiger partial charge < -0.3 is 24.5 Å². The molecule has 2 saturated heterocycles. The van der Waals surface area contributed by atoms with Crippen LogP contribution in [-0.2, 0) is 17.8 Å². The Kier molecular flexibility index (Phi) is 7.75. The Morgan fingerprint density at radius 2 is 1.88 bits per heavy atom. The molecule has 8 nitrogen and oxygen atoms in total. The number of fused-ring (bicyclic) bond motifs is 2. The molecular weight excluding hydrogens is 514 g/mol. The number of carbonyl (C=O) groups excluding carboxylic acids is 1. The summed E-state index contributed by atoms with van der Waals surface area (Å²) in [5.74, 6) is 0.931. The van der Waals surface area contributed by atoms with Crippen LogP contribution in [0.15, 0.2) is 55.1 Å². The van der Waals surface area contributed by atoms with Gasteiger partial charge in [-0.15, -0.1) is 0 Å². The first-order chi connectivity index (χ1) is 19.9. The number of rotatable bonds is 7. The van der Waals surface area contributed by atoms with Crippen LogP contribution in [0.25, 0.3) is 10.8 Å². The van der Waals surface area contributed by atoms with Crippen molar-refractivity contribution in [1.82, 2.24) is 14.8 Å². The highest BCUT2D eigenvalue weighted by Gasteiger charge is 2.30. The highest BCUT2D eigenvalue weighted by Crippen LogP contribution is 2.37. The molecule has 0 spiro atoms. The van der Waals surface area contributed by atoms with Crippen LogP contribution in [0.1, 0.15) is 37.9 Å². The Hall–Kier alpha value is -3.78. The second-order valence-corrected chi connectivity index (χ2v) is 11.7. The predicted octanol–water partition coefficient (Wildman–Crippen LogP) is 4.59. The van der Waals surface area contributed by atoms with Crippen molar-refractivity contribution in [2.24, 2.45) is 0 Å². The van der Waals surface area contributed by atoms with E-state index in [9.17, 15) is 9.90 Å². The summed E-state index contributed by atoms with van der Waals surface area (Å²) in [5, 5.41) is 12.7. The van der Waals surface area contributed by atoms with Crippen molar-refractivity contribution in [2.45, 2.75) is 51.7 Å². The van der Waals surface area contributed by atoms with Crippen molar-refractivity contribution >= 4 is 28.1 Å². The molecule has 0 bridgehead atoms. The second-order valence-electron chi connectivity index (χ2n) is 11.7. The molecule has 0 unspecified atom stereocenters. The molecule has 0 radical (unpaired) electrons. The summed E-state index contributed by atoms with van der Waals surface area (Å²) in [5.41, 5.74) is 4.47. The van der Waals surface area contributed by atoms with E-state index in [1.807, 2.05) is 35.2 Å². The molecule has 4 heterocycles. The third kappa shape index (κ3) is 5.58. The summed E-state index contributed by atoms with van der Waals surface area (Å²) in [7, 11) is 0. The average Bonchev–Trinajstić information content (AvgIpc) is 3.48. The molecule has 3 aliphatic heterocycles. The van der Waals surface area contributed by atoms with Gasteiger partial charge in [0.2, 0.25) is 11.8 Å². The first-order valence-electron chi connectivity index (χ1n) is 15.0. The van der Waals surface area contributed by atoms with E-state index in [4.69, 9.17) is 9.72 Å². The lowest BCUT2D eigenvalue weighted by Gasteiger charge is -2.39. The van der Waals surface area contributed by atoms with Crippen LogP contribution in [0.4, 0.5) is 11.4 Å². The van der Waals surface area contributed by atoms with Gasteiger partial charge >= 0.3 is 0 Å². The van der Waals surface area contributed by atoms with Crippen LogP contribution in [0.2, 0.25) is 0 Å². The van der Waals surface area contributed by atoms with Crippen molar-refractivity contribution in [3.8, 4) is 11.6 Å². The third-order valence-electron chi connectivity index (χ3n) is 8.92. The number of pyridine rings is 1. The van der Waals surface area contributed by atoms with Crippen LogP contribution in [0.3, 0.4) is 0 Å². The summed E-state index contributed by atoms with van der Waals surface area (Å²) in [6.45, 7) is 14.3. The first kappa shape index (κ1) is 27.4. The molecule has 3 aliphatic rings. The quantitative estimate of drug-likeness (QED) is 0.428. The molecular formula is C33H41N5O3. The van der Waals surface area contributed by atoms with Crippen molar-refractivity contribution in [2.75, 3.05) is 55.7 Å². The van der Waals surface area contributed by atoms with Gasteiger partial charge in [-0.2, -0.15) is 0 Å². The average molecular weight is 556 g/mol. The predicted molar refractivity (Wildman–Crippen MR) is 164 cm³/mol. The number of carbonyl (C=O) groups is 1. The smallest absolute Gasteiger partial charge is 0.246 e. The molecule has 1 atom stereocenters. The number of amides is 1. The number of hydrogen-bond acceptors (Lipinski definition) is 7. The van der Waals surface area contributed by atoms with Gasteiger partial charge in [0.05, 0.1) is 12.2 Å². The third-order valence-corrected chi connectivity index (χ3v) is 8.92.